The van der Waals surface area contributed by atoms with Crippen molar-refractivity contribution in [3.8, 4) is 0 Å². The smallest absolute Gasteiger partial charge is 0.308 e. The molecule has 0 unspecified atom stereocenters. The Morgan fingerprint density at radius 3 is 2.87 bits per heavy atom. The number of carboxylic acids is 1. The minimum atomic E-state index is -1.03. The van der Waals surface area contributed by atoms with Crippen molar-refractivity contribution in [2.24, 2.45) is 0 Å². The number of carboxylic acid groups (broad SMARTS) is 1. The number of hydrogen-bond donors (Lipinski definition) is 2. The monoisotopic (exact) mass is 211 g/mol. The normalized spacial score (nSPS) is 10.0. The van der Waals surface area contributed by atoms with E-state index < -0.39 is 11.8 Å². The Hall–Kier alpha value is -1.58. The lowest BCUT2D eigenvalue weighted by Crippen LogP contribution is -2.08. The van der Waals surface area contributed by atoms with Gasteiger partial charge >= 0.3 is 5.97 Å². The molecule has 0 aliphatic heterocycles. The predicted octanol–water partition coefficient (Wildman–Crippen LogP) is 2.27. The van der Waals surface area contributed by atoms with Gasteiger partial charge in [0.25, 0.3) is 0 Å². The first-order valence-electron chi connectivity index (χ1n) is 4.88. The number of hydrogen-bond acceptors (Lipinski definition) is 2. The third kappa shape index (κ3) is 3.23. The summed E-state index contributed by atoms with van der Waals surface area (Å²) < 4.78 is 13.3. The first-order valence-corrected chi connectivity index (χ1v) is 4.88. The highest BCUT2D eigenvalue weighted by Crippen LogP contribution is 2.19. The van der Waals surface area contributed by atoms with E-state index in [-0.39, 0.29) is 12.0 Å². The van der Waals surface area contributed by atoms with Crippen LogP contribution >= 0.6 is 0 Å². The minimum Gasteiger partial charge on any atom is -0.481 e. The zero-order chi connectivity index (χ0) is 11.3. The Morgan fingerprint density at radius 2 is 2.27 bits per heavy atom. The molecule has 1 aromatic carbocycles. The summed E-state index contributed by atoms with van der Waals surface area (Å²) in [7, 11) is 0. The van der Waals surface area contributed by atoms with Crippen LogP contribution in [0.1, 0.15) is 18.9 Å². The molecule has 0 saturated heterocycles. The Bertz CT molecular complexity index is 352. The van der Waals surface area contributed by atoms with E-state index in [1.807, 2.05) is 6.92 Å². The second-order valence-electron chi connectivity index (χ2n) is 3.26. The lowest BCUT2D eigenvalue weighted by Gasteiger charge is -2.10. The second-order valence-corrected chi connectivity index (χ2v) is 3.26. The number of halogens is 1. The molecule has 0 amide bonds. The first-order chi connectivity index (χ1) is 7.15. The van der Waals surface area contributed by atoms with Gasteiger partial charge in [0, 0.05) is 17.8 Å². The summed E-state index contributed by atoms with van der Waals surface area (Å²) in [5.74, 6) is -1.50. The molecule has 1 rings (SSSR count). The molecule has 0 saturated carbocycles. The molecule has 3 nitrogen and oxygen atoms in total. The van der Waals surface area contributed by atoms with E-state index in [9.17, 15) is 9.18 Å². The van der Waals surface area contributed by atoms with Gasteiger partial charge in [-0.15, -0.1) is 0 Å². The van der Waals surface area contributed by atoms with Crippen LogP contribution in [0, 0.1) is 5.82 Å². The second kappa shape index (κ2) is 5.34. The van der Waals surface area contributed by atoms with Crippen molar-refractivity contribution in [3.05, 3.63) is 29.6 Å². The topological polar surface area (TPSA) is 49.3 Å². The van der Waals surface area contributed by atoms with Gasteiger partial charge in [-0.2, -0.15) is 0 Å². The fraction of sp³-hybridized carbons (Fsp3) is 0.364. The number of rotatable bonds is 5. The molecular weight excluding hydrogens is 197 g/mol. The summed E-state index contributed by atoms with van der Waals surface area (Å²) >= 11 is 0. The van der Waals surface area contributed by atoms with Gasteiger partial charge in [0.15, 0.2) is 0 Å². The summed E-state index contributed by atoms with van der Waals surface area (Å²) in [6.45, 7) is 2.69. The third-order valence-electron chi connectivity index (χ3n) is 2.01. The van der Waals surface area contributed by atoms with Crippen LogP contribution in [0.25, 0.3) is 0 Å². The van der Waals surface area contributed by atoms with E-state index in [0.29, 0.717) is 12.2 Å². The lowest BCUT2D eigenvalue weighted by atomic mass is 10.1. The molecule has 0 spiro atoms. The van der Waals surface area contributed by atoms with E-state index in [0.717, 1.165) is 6.42 Å². The van der Waals surface area contributed by atoms with Crippen molar-refractivity contribution in [1.29, 1.82) is 0 Å². The van der Waals surface area contributed by atoms with Crippen molar-refractivity contribution in [2.75, 3.05) is 11.9 Å². The molecule has 4 heteroatoms. The van der Waals surface area contributed by atoms with E-state index in [1.54, 1.807) is 12.1 Å². The van der Waals surface area contributed by atoms with Gasteiger partial charge in [-0.1, -0.05) is 13.0 Å². The van der Waals surface area contributed by atoms with Crippen LogP contribution in [0.15, 0.2) is 18.2 Å². The average molecular weight is 211 g/mol. The zero-order valence-corrected chi connectivity index (χ0v) is 8.59. The third-order valence-corrected chi connectivity index (χ3v) is 2.01. The fourth-order valence-electron chi connectivity index (χ4n) is 1.31. The Balaban J connectivity index is 2.92. The summed E-state index contributed by atoms with van der Waals surface area (Å²) in [4.78, 5) is 10.6. The Kier molecular flexibility index (Phi) is 4.09. The van der Waals surface area contributed by atoms with Gasteiger partial charge in [-0.25, -0.2) is 4.39 Å². The number of aliphatic carboxylic acids is 1. The molecule has 2 N–H and O–H groups in total. The van der Waals surface area contributed by atoms with Gasteiger partial charge in [-0.05, 0) is 18.6 Å². The summed E-state index contributed by atoms with van der Waals surface area (Å²) in [5, 5.41) is 11.7. The molecule has 0 aliphatic carbocycles. The van der Waals surface area contributed by atoms with Gasteiger partial charge in [0.05, 0.1) is 6.42 Å². The van der Waals surface area contributed by atoms with Gasteiger partial charge in [0.1, 0.15) is 5.82 Å². The van der Waals surface area contributed by atoms with Gasteiger partial charge in [0.2, 0.25) is 0 Å². The fourth-order valence-corrected chi connectivity index (χ4v) is 1.31. The van der Waals surface area contributed by atoms with Crippen LogP contribution in [-0.2, 0) is 11.2 Å². The van der Waals surface area contributed by atoms with Crippen molar-refractivity contribution < 1.29 is 14.3 Å². The Labute approximate surface area is 87.9 Å². The Morgan fingerprint density at radius 1 is 1.53 bits per heavy atom. The average Bonchev–Trinajstić information content (AvgIpc) is 2.18. The predicted molar refractivity (Wildman–Crippen MR) is 56.5 cm³/mol. The first kappa shape index (κ1) is 11.5. The van der Waals surface area contributed by atoms with E-state index in [1.165, 1.54) is 6.07 Å². The molecule has 0 fully saturated rings. The molecule has 15 heavy (non-hydrogen) atoms. The van der Waals surface area contributed by atoms with Crippen molar-refractivity contribution in [3.63, 3.8) is 0 Å². The largest absolute Gasteiger partial charge is 0.481 e. The molecule has 0 heterocycles. The minimum absolute atomic E-state index is 0.221. The van der Waals surface area contributed by atoms with Crippen LogP contribution < -0.4 is 5.32 Å². The summed E-state index contributed by atoms with van der Waals surface area (Å²) in [5.41, 5.74) is 0.790. The summed E-state index contributed by atoms with van der Waals surface area (Å²) in [6, 6.07) is 4.53. The van der Waals surface area contributed by atoms with Crippen molar-refractivity contribution in [2.45, 2.75) is 19.8 Å². The lowest BCUT2D eigenvalue weighted by molar-refractivity contribution is -0.136. The molecule has 0 bridgehead atoms. The highest BCUT2D eigenvalue weighted by Gasteiger charge is 2.11. The molecule has 0 aliphatic rings. The number of benzene rings is 1. The molecule has 0 atom stereocenters. The number of carbonyl (C=O) groups is 1. The van der Waals surface area contributed by atoms with Crippen LogP contribution in [0.3, 0.4) is 0 Å². The van der Waals surface area contributed by atoms with Crippen LogP contribution in [0.5, 0.6) is 0 Å². The maximum Gasteiger partial charge on any atom is 0.308 e. The molecule has 0 aromatic heterocycles. The SMILES string of the molecule is CCCNc1cccc(F)c1CC(=O)O. The van der Waals surface area contributed by atoms with Crippen LogP contribution in [0.2, 0.25) is 0 Å². The van der Waals surface area contributed by atoms with Crippen molar-refractivity contribution >= 4 is 11.7 Å². The maximum absolute atomic E-state index is 13.3. The molecular formula is C11H14FNO2. The highest BCUT2D eigenvalue weighted by atomic mass is 19.1. The van der Waals surface area contributed by atoms with E-state index in [2.05, 4.69) is 5.32 Å². The number of nitrogens with one attached hydrogen (secondary N) is 1. The van der Waals surface area contributed by atoms with Gasteiger partial charge in [-0.3, -0.25) is 4.79 Å². The van der Waals surface area contributed by atoms with Gasteiger partial charge < -0.3 is 10.4 Å². The van der Waals surface area contributed by atoms with E-state index in [4.69, 9.17) is 5.11 Å². The van der Waals surface area contributed by atoms with Crippen LogP contribution in [0.4, 0.5) is 10.1 Å². The standard InChI is InChI=1S/C11H14FNO2/c1-2-6-13-10-5-3-4-9(12)8(10)7-11(14)15/h3-5,13H,2,6-7H2,1H3,(H,14,15). The molecule has 1 aromatic rings. The maximum atomic E-state index is 13.3. The van der Waals surface area contributed by atoms with Crippen molar-refractivity contribution in [1.82, 2.24) is 0 Å². The molecule has 0 radical (unpaired) electrons. The molecule has 82 valence electrons. The summed E-state index contributed by atoms with van der Waals surface area (Å²) in [6.07, 6.45) is 0.613. The zero-order valence-electron chi connectivity index (χ0n) is 8.59. The van der Waals surface area contributed by atoms with E-state index >= 15 is 0 Å². The number of anilines is 1. The highest BCUT2D eigenvalue weighted by molar-refractivity contribution is 5.73. The quantitative estimate of drug-likeness (QED) is 0.785. The van der Waals surface area contributed by atoms with Crippen LogP contribution in [-0.4, -0.2) is 17.6 Å².